The predicted octanol–water partition coefficient (Wildman–Crippen LogP) is 3.93. The first-order chi connectivity index (χ1) is 8.77. The highest BCUT2D eigenvalue weighted by molar-refractivity contribution is 5.85. The summed E-state index contributed by atoms with van der Waals surface area (Å²) in [5.41, 5.74) is 1.39. The number of fused-ring (bicyclic) bond motifs is 1. The molecule has 2 nitrogen and oxygen atoms in total. The highest BCUT2D eigenvalue weighted by atomic mass is 14.9. The van der Waals surface area contributed by atoms with Gasteiger partial charge in [-0.05, 0) is 29.5 Å². The Hall–Kier alpha value is -1.41. The van der Waals surface area contributed by atoms with Gasteiger partial charge in [-0.2, -0.15) is 0 Å². The van der Waals surface area contributed by atoms with E-state index in [0.29, 0.717) is 12.0 Å². The normalized spacial score (nSPS) is 14.6. The fourth-order valence-corrected chi connectivity index (χ4v) is 2.49. The van der Waals surface area contributed by atoms with Gasteiger partial charge in [-0.15, -0.1) is 0 Å². The minimum atomic E-state index is 0.422. The van der Waals surface area contributed by atoms with Crippen molar-refractivity contribution in [2.75, 3.05) is 6.54 Å². The second-order valence-electron chi connectivity index (χ2n) is 4.86. The molecule has 0 saturated carbocycles. The average molecular weight is 242 g/mol. The summed E-state index contributed by atoms with van der Waals surface area (Å²) in [6.07, 6.45) is 5.00. The van der Waals surface area contributed by atoms with E-state index in [1.807, 2.05) is 12.4 Å². The SMILES string of the molecule is CCNC(c1cccc2cnccc12)C(C)CC. The van der Waals surface area contributed by atoms with Crippen molar-refractivity contribution in [2.24, 2.45) is 5.92 Å². The molecule has 1 N–H and O–H groups in total. The molecule has 96 valence electrons. The first kappa shape index (κ1) is 13.0. The largest absolute Gasteiger partial charge is 0.310 e. The Balaban J connectivity index is 2.49. The summed E-state index contributed by atoms with van der Waals surface area (Å²) in [6.45, 7) is 7.73. The third-order valence-electron chi connectivity index (χ3n) is 3.69. The number of hydrogen-bond donors (Lipinski definition) is 1. The van der Waals surface area contributed by atoms with Crippen molar-refractivity contribution >= 4 is 10.8 Å². The quantitative estimate of drug-likeness (QED) is 0.859. The van der Waals surface area contributed by atoms with Crippen LogP contribution in [0.15, 0.2) is 36.7 Å². The van der Waals surface area contributed by atoms with Crippen molar-refractivity contribution < 1.29 is 0 Å². The van der Waals surface area contributed by atoms with Crippen LogP contribution in [-0.4, -0.2) is 11.5 Å². The van der Waals surface area contributed by atoms with E-state index in [4.69, 9.17) is 0 Å². The molecule has 2 unspecified atom stereocenters. The molecule has 0 aliphatic carbocycles. The van der Waals surface area contributed by atoms with Gasteiger partial charge in [0.15, 0.2) is 0 Å². The number of nitrogens with one attached hydrogen (secondary N) is 1. The molecule has 0 aliphatic heterocycles. The molecular formula is C16H22N2. The first-order valence-corrected chi connectivity index (χ1v) is 6.84. The van der Waals surface area contributed by atoms with Crippen LogP contribution in [-0.2, 0) is 0 Å². The summed E-state index contributed by atoms with van der Waals surface area (Å²) in [6, 6.07) is 9.04. The summed E-state index contributed by atoms with van der Waals surface area (Å²) >= 11 is 0. The van der Waals surface area contributed by atoms with E-state index in [1.165, 1.54) is 22.8 Å². The molecule has 2 aromatic rings. The number of benzene rings is 1. The maximum Gasteiger partial charge on any atom is 0.0351 e. The highest BCUT2D eigenvalue weighted by Crippen LogP contribution is 2.29. The molecule has 0 bridgehead atoms. The zero-order chi connectivity index (χ0) is 13.0. The monoisotopic (exact) mass is 242 g/mol. The molecule has 2 atom stereocenters. The van der Waals surface area contributed by atoms with Crippen molar-refractivity contribution in [2.45, 2.75) is 33.2 Å². The molecule has 0 spiro atoms. The molecule has 0 aliphatic rings. The van der Waals surface area contributed by atoms with Crippen LogP contribution in [0.2, 0.25) is 0 Å². The summed E-state index contributed by atoms with van der Waals surface area (Å²) in [5, 5.41) is 6.16. The fourth-order valence-electron chi connectivity index (χ4n) is 2.49. The zero-order valence-corrected chi connectivity index (χ0v) is 11.5. The maximum atomic E-state index is 4.20. The van der Waals surface area contributed by atoms with Gasteiger partial charge in [-0.25, -0.2) is 0 Å². The van der Waals surface area contributed by atoms with E-state index in [0.717, 1.165) is 6.54 Å². The molecule has 0 radical (unpaired) electrons. The summed E-state index contributed by atoms with van der Waals surface area (Å²) in [5.74, 6) is 0.628. The lowest BCUT2D eigenvalue weighted by atomic mass is 9.89. The van der Waals surface area contributed by atoms with Gasteiger partial charge in [-0.1, -0.05) is 45.4 Å². The van der Waals surface area contributed by atoms with Crippen LogP contribution in [0.1, 0.15) is 38.8 Å². The van der Waals surface area contributed by atoms with E-state index >= 15 is 0 Å². The van der Waals surface area contributed by atoms with Crippen molar-refractivity contribution in [3.05, 3.63) is 42.2 Å². The lowest BCUT2D eigenvalue weighted by Gasteiger charge is -2.25. The Morgan fingerprint density at radius 1 is 1.22 bits per heavy atom. The topological polar surface area (TPSA) is 24.9 Å². The van der Waals surface area contributed by atoms with Gasteiger partial charge in [0.25, 0.3) is 0 Å². The smallest absolute Gasteiger partial charge is 0.0351 e. The van der Waals surface area contributed by atoms with Crippen LogP contribution in [0, 0.1) is 5.92 Å². The number of aromatic nitrogens is 1. The molecule has 2 rings (SSSR count). The Morgan fingerprint density at radius 2 is 2.06 bits per heavy atom. The van der Waals surface area contributed by atoms with Crippen LogP contribution in [0.3, 0.4) is 0 Å². The Morgan fingerprint density at radius 3 is 2.78 bits per heavy atom. The lowest BCUT2D eigenvalue weighted by molar-refractivity contribution is 0.386. The molecule has 0 amide bonds. The van der Waals surface area contributed by atoms with Gasteiger partial charge >= 0.3 is 0 Å². The molecule has 0 fully saturated rings. The average Bonchev–Trinajstić information content (AvgIpc) is 2.43. The number of hydrogen-bond acceptors (Lipinski definition) is 2. The van der Waals surface area contributed by atoms with E-state index < -0.39 is 0 Å². The predicted molar refractivity (Wildman–Crippen MR) is 77.6 cm³/mol. The van der Waals surface area contributed by atoms with E-state index in [2.05, 4.69) is 55.3 Å². The molecule has 1 aromatic carbocycles. The highest BCUT2D eigenvalue weighted by Gasteiger charge is 2.18. The lowest BCUT2D eigenvalue weighted by Crippen LogP contribution is -2.26. The Bertz CT molecular complexity index is 502. The van der Waals surface area contributed by atoms with Crippen LogP contribution < -0.4 is 5.32 Å². The minimum Gasteiger partial charge on any atom is -0.310 e. The van der Waals surface area contributed by atoms with Gasteiger partial charge < -0.3 is 5.32 Å². The Labute approximate surface area is 109 Å². The van der Waals surface area contributed by atoms with Crippen LogP contribution in [0.4, 0.5) is 0 Å². The van der Waals surface area contributed by atoms with Crippen LogP contribution in [0.25, 0.3) is 10.8 Å². The fraction of sp³-hybridized carbons (Fsp3) is 0.438. The van der Waals surface area contributed by atoms with Crippen molar-refractivity contribution in [3.63, 3.8) is 0 Å². The van der Waals surface area contributed by atoms with Crippen molar-refractivity contribution in [3.8, 4) is 0 Å². The van der Waals surface area contributed by atoms with Gasteiger partial charge in [-0.3, -0.25) is 4.98 Å². The van der Waals surface area contributed by atoms with E-state index in [-0.39, 0.29) is 0 Å². The van der Waals surface area contributed by atoms with Gasteiger partial charge in [0.2, 0.25) is 0 Å². The van der Waals surface area contributed by atoms with Gasteiger partial charge in [0, 0.05) is 23.8 Å². The second kappa shape index (κ2) is 5.96. The molecule has 1 aromatic heterocycles. The third kappa shape index (κ3) is 2.54. The zero-order valence-electron chi connectivity index (χ0n) is 11.5. The molecule has 18 heavy (non-hydrogen) atoms. The van der Waals surface area contributed by atoms with E-state index in [9.17, 15) is 0 Å². The molecule has 1 heterocycles. The van der Waals surface area contributed by atoms with Crippen molar-refractivity contribution in [1.29, 1.82) is 0 Å². The standard InChI is InChI=1S/C16H22N2/c1-4-12(3)16(18-5-2)15-8-6-7-13-11-17-10-9-14(13)15/h6-12,16,18H,4-5H2,1-3H3. The number of rotatable bonds is 5. The first-order valence-electron chi connectivity index (χ1n) is 6.84. The van der Waals surface area contributed by atoms with Gasteiger partial charge in [0.05, 0.1) is 0 Å². The second-order valence-corrected chi connectivity index (χ2v) is 4.86. The number of nitrogens with zero attached hydrogens (tertiary/aromatic N) is 1. The third-order valence-corrected chi connectivity index (χ3v) is 3.69. The molecule has 0 saturated heterocycles. The van der Waals surface area contributed by atoms with Crippen molar-refractivity contribution in [1.82, 2.24) is 10.3 Å². The summed E-state index contributed by atoms with van der Waals surface area (Å²) < 4.78 is 0. The Kier molecular flexibility index (Phi) is 4.32. The van der Waals surface area contributed by atoms with E-state index in [1.54, 1.807) is 0 Å². The molecular weight excluding hydrogens is 220 g/mol. The minimum absolute atomic E-state index is 0.422. The van der Waals surface area contributed by atoms with Gasteiger partial charge in [0.1, 0.15) is 0 Å². The number of pyridine rings is 1. The molecule has 2 heteroatoms. The van der Waals surface area contributed by atoms with Crippen LogP contribution in [0.5, 0.6) is 0 Å². The van der Waals surface area contributed by atoms with Crippen LogP contribution >= 0.6 is 0 Å². The maximum absolute atomic E-state index is 4.20. The summed E-state index contributed by atoms with van der Waals surface area (Å²) in [4.78, 5) is 4.20. The summed E-state index contributed by atoms with van der Waals surface area (Å²) in [7, 11) is 0.